The summed E-state index contributed by atoms with van der Waals surface area (Å²) in [5, 5.41) is 0. The normalized spacial score (nSPS) is 21.3. The van der Waals surface area contributed by atoms with Gasteiger partial charge in [-0.2, -0.15) is 0 Å². The van der Waals surface area contributed by atoms with Gasteiger partial charge in [-0.25, -0.2) is 5.43 Å². The first-order chi connectivity index (χ1) is 8.88. The van der Waals surface area contributed by atoms with Crippen molar-refractivity contribution in [1.82, 2.24) is 5.43 Å². The molecule has 0 radical (unpaired) electrons. The highest BCUT2D eigenvalue weighted by molar-refractivity contribution is 7.12. The molecule has 0 aliphatic heterocycles. The highest BCUT2D eigenvalue weighted by Gasteiger charge is 2.22. The van der Waals surface area contributed by atoms with Gasteiger partial charge in [0.15, 0.2) is 0 Å². The summed E-state index contributed by atoms with van der Waals surface area (Å²) < 4.78 is 0. The molecule has 3 rings (SSSR count). The van der Waals surface area contributed by atoms with E-state index in [2.05, 4.69) is 17.6 Å². The molecule has 0 bridgehead atoms. The van der Waals surface area contributed by atoms with Crippen molar-refractivity contribution >= 4 is 11.3 Å². The molecule has 0 aromatic carbocycles. The van der Waals surface area contributed by atoms with Gasteiger partial charge in [0.25, 0.3) is 0 Å². The molecule has 1 atom stereocenters. The fourth-order valence-electron chi connectivity index (χ4n) is 3.17. The Morgan fingerprint density at radius 1 is 1.11 bits per heavy atom. The Morgan fingerprint density at radius 3 is 2.89 bits per heavy atom. The molecular formula is C15H22N2S. The number of fused-ring (bicyclic) bond motifs is 1. The highest BCUT2D eigenvalue weighted by atomic mass is 32.1. The van der Waals surface area contributed by atoms with Crippen molar-refractivity contribution in [2.24, 2.45) is 5.84 Å². The topological polar surface area (TPSA) is 38.0 Å². The van der Waals surface area contributed by atoms with Gasteiger partial charge in [0.1, 0.15) is 0 Å². The number of nitrogens with one attached hydrogen (secondary N) is 1. The van der Waals surface area contributed by atoms with E-state index in [0.29, 0.717) is 0 Å². The smallest absolute Gasteiger partial charge is 0.0762 e. The lowest BCUT2D eigenvalue weighted by molar-refractivity contribution is 0.600. The first-order valence-electron chi connectivity index (χ1n) is 7.15. The molecular weight excluding hydrogens is 240 g/mol. The van der Waals surface area contributed by atoms with Gasteiger partial charge in [0, 0.05) is 9.75 Å². The Morgan fingerprint density at radius 2 is 2.06 bits per heavy atom. The molecule has 1 aromatic rings. The average molecular weight is 262 g/mol. The van der Waals surface area contributed by atoms with Gasteiger partial charge in [-0.15, -0.1) is 11.3 Å². The second-order valence-electron chi connectivity index (χ2n) is 5.43. The van der Waals surface area contributed by atoms with Crippen LogP contribution in [-0.4, -0.2) is 0 Å². The van der Waals surface area contributed by atoms with Crippen molar-refractivity contribution < 1.29 is 0 Å². The van der Waals surface area contributed by atoms with Gasteiger partial charge in [0.05, 0.1) is 6.04 Å². The minimum atomic E-state index is 0.263. The van der Waals surface area contributed by atoms with Crippen LogP contribution < -0.4 is 11.3 Å². The maximum absolute atomic E-state index is 5.82. The summed E-state index contributed by atoms with van der Waals surface area (Å²) in [5.74, 6) is 5.82. The average Bonchev–Trinajstić information content (AvgIpc) is 2.84. The van der Waals surface area contributed by atoms with E-state index in [1.54, 1.807) is 10.4 Å². The third-order valence-corrected chi connectivity index (χ3v) is 5.47. The molecule has 1 unspecified atom stereocenters. The summed E-state index contributed by atoms with van der Waals surface area (Å²) in [7, 11) is 0. The van der Waals surface area contributed by atoms with Crippen LogP contribution in [0.4, 0.5) is 0 Å². The lowest BCUT2D eigenvalue weighted by atomic mass is 10.0. The lowest BCUT2D eigenvalue weighted by Crippen LogP contribution is -2.28. The van der Waals surface area contributed by atoms with Gasteiger partial charge in [0.2, 0.25) is 0 Å². The minimum Gasteiger partial charge on any atom is -0.271 e. The molecule has 0 spiro atoms. The third-order valence-electron chi connectivity index (χ3n) is 4.16. The predicted octanol–water partition coefficient (Wildman–Crippen LogP) is 3.63. The second-order valence-corrected chi connectivity index (χ2v) is 6.60. The van der Waals surface area contributed by atoms with Gasteiger partial charge in [-0.3, -0.25) is 5.84 Å². The highest BCUT2D eigenvalue weighted by Crippen LogP contribution is 2.37. The standard InChI is InChI=1S/C15H22N2S/c16-17-15(11-6-3-1-2-4-7-11)14-10-12-8-5-9-13(12)18-14/h6,10,15,17H,1-5,7-9,16H2. The molecule has 3 heteroatoms. The number of hydrazine groups is 1. The Kier molecular flexibility index (Phi) is 3.83. The van der Waals surface area contributed by atoms with Gasteiger partial charge < -0.3 is 0 Å². The summed E-state index contributed by atoms with van der Waals surface area (Å²) in [6.45, 7) is 0. The number of thiophene rings is 1. The molecule has 0 saturated heterocycles. The summed E-state index contributed by atoms with van der Waals surface area (Å²) in [6, 6.07) is 2.65. The van der Waals surface area contributed by atoms with Crippen LogP contribution in [0.5, 0.6) is 0 Å². The maximum Gasteiger partial charge on any atom is 0.0762 e. The van der Waals surface area contributed by atoms with Gasteiger partial charge in [-0.05, 0) is 56.6 Å². The van der Waals surface area contributed by atoms with Crippen LogP contribution in [0.1, 0.15) is 59.9 Å². The molecule has 18 heavy (non-hydrogen) atoms. The van der Waals surface area contributed by atoms with E-state index in [-0.39, 0.29) is 6.04 Å². The molecule has 98 valence electrons. The van der Waals surface area contributed by atoms with Crippen LogP contribution in [0.25, 0.3) is 0 Å². The van der Waals surface area contributed by atoms with Crippen molar-refractivity contribution in [3.8, 4) is 0 Å². The molecule has 0 amide bonds. The Balaban J connectivity index is 1.84. The Bertz CT molecular complexity index is 426. The first kappa shape index (κ1) is 12.4. The third kappa shape index (κ3) is 2.40. The van der Waals surface area contributed by atoms with Gasteiger partial charge >= 0.3 is 0 Å². The second kappa shape index (κ2) is 5.55. The summed E-state index contributed by atoms with van der Waals surface area (Å²) >= 11 is 1.97. The number of nitrogens with two attached hydrogens (primary N) is 1. The largest absolute Gasteiger partial charge is 0.271 e. The minimum absolute atomic E-state index is 0.263. The van der Waals surface area contributed by atoms with E-state index in [4.69, 9.17) is 5.84 Å². The van der Waals surface area contributed by atoms with Crippen LogP contribution in [0.2, 0.25) is 0 Å². The van der Waals surface area contributed by atoms with Crippen molar-refractivity contribution in [2.45, 2.75) is 57.4 Å². The molecule has 2 aliphatic carbocycles. The quantitative estimate of drug-likeness (QED) is 0.496. The molecule has 0 saturated carbocycles. The van der Waals surface area contributed by atoms with Crippen LogP contribution in [0.15, 0.2) is 17.7 Å². The van der Waals surface area contributed by atoms with E-state index in [0.717, 1.165) is 0 Å². The lowest BCUT2D eigenvalue weighted by Gasteiger charge is -2.18. The van der Waals surface area contributed by atoms with E-state index in [1.165, 1.54) is 61.8 Å². The number of allylic oxidation sites excluding steroid dienone is 1. The number of hydrogen-bond donors (Lipinski definition) is 2. The van der Waals surface area contributed by atoms with Crippen molar-refractivity contribution in [1.29, 1.82) is 0 Å². The Labute approximate surface area is 113 Å². The van der Waals surface area contributed by atoms with Crippen molar-refractivity contribution in [3.05, 3.63) is 33.0 Å². The molecule has 2 aliphatic rings. The van der Waals surface area contributed by atoms with E-state index >= 15 is 0 Å². The molecule has 1 heterocycles. The zero-order valence-corrected chi connectivity index (χ0v) is 11.7. The summed E-state index contributed by atoms with van der Waals surface area (Å²) in [6.07, 6.45) is 12.7. The predicted molar refractivity (Wildman–Crippen MR) is 77.6 cm³/mol. The Hall–Kier alpha value is -0.640. The van der Waals surface area contributed by atoms with E-state index in [1.807, 2.05) is 11.3 Å². The van der Waals surface area contributed by atoms with Crippen molar-refractivity contribution in [2.75, 3.05) is 0 Å². The van der Waals surface area contributed by atoms with Gasteiger partial charge in [-0.1, -0.05) is 18.1 Å². The number of rotatable bonds is 3. The fraction of sp³-hybridized carbons (Fsp3) is 0.600. The van der Waals surface area contributed by atoms with E-state index in [9.17, 15) is 0 Å². The van der Waals surface area contributed by atoms with Crippen LogP contribution in [0.3, 0.4) is 0 Å². The maximum atomic E-state index is 5.82. The van der Waals surface area contributed by atoms with Crippen molar-refractivity contribution in [3.63, 3.8) is 0 Å². The zero-order valence-electron chi connectivity index (χ0n) is 10.9. The first-order valence-corrected chi connectivity index (χ1v) is 7.96. The number of aryl methyl sites for hydroxylation is 2. The summed E-state index contributed by atoms with van der Waals surface area (Å²) in [5.41, 5.74) is 6.13. The number of hydrogen-bond acceptors (Lipinski definition) is 3. The SMILES string of the molecule is NNC(C1=CCCCCC1)c1cc2c(s1)CCC2. The van der Waals surface area contributed by atoms with E-state index < -0.39 is 0 Å². The zero-order chi connectivity index (χ0) is 12.4. The summed E-state index contributed by atoms with van der Waals surface area (Å²) in [4.78, 5) is 3.02. The molecule has 0 fully saturated rings. The van der Waals surface area contributed by atoms with Crippen LogP contribution in [-0.2, 0) is 12.8 Å². The van der Waals surface area contributed by atoms with Crippen LogP contribution >= 0.6 is 11.3 Å². The molecule has 3 N–H and O–H groups in total. The van der Waals surface area contributed by atoms with Crippen LogP contribution in [0, 0.1) is 0 Å². The fourth-order valence-corrected chi connectivity index (χ4v) is 4.53. The monoisotopic (exact) mass is 262 g/mol. The molecule has 1 aromatic heterocycles. The molecule has 2 nitrogen and oxygen atoms in total.